The fraction of sp³-hybridized carbons (Fsp3) is 0.0909. The van der Waals surface area contributed by atoms with Crippen molar-refractivity contribution in [3.8, 4) is 11.4 Å². The molecule has 2 N–H and O–H groups in total. The van der Waals surface area contributed by atoms with Crippen molar-refractivity contribution in [3.63, 3.8) is 0 Å². The van der Waals surface area contributed by atoms with Crippen LogP contribution in [0.15, 0.2) is 36.7 Å². The fourth-order valence-electron chi connectivity index (χ4n) is 1.40. The van der Waals surface area contributed by atoms with Gasteiger partial charge in [0, 0.05) is 23.4 Å². The molecule has 0 saturated heterocycles. The van der Waals surface area contributed by atoms with Crippen LogP contribution >= 0.6 is 0 Å². The monoisotopic (exact) mass is 214 g/mol. The molecule has 2 rings (SSSR count). The zero-order valence-electron chi connectivity index (χ0n) is 8.83. The Morgan fingerprint density at radius 2 is 1.81 bits per heavy atom. The van der Waals surface area contributed by atoms with Crippen molar-refractivity contribution in [2.75, 3.05) is 0 Å². The summed E-state index contributed by atoms with van der Waals surface area (Å²) in [5, 5.41) is 17.8. The SMILES string of the molecule is Cc1cccc(-c2ncc(B(O)O)cn2)c1. The summed E-state index contributed by atoms with van der Waals surface area (Å²) >= 11 is 0. The minimum atomic E-state index is -1.52. The summed E-state index contributed by atoms with van der Waals surface area (Å²) in [6, 6.07) is 7.82. The molecule has 5 heteroatoms. The predicted molar refractivity (Wildman–Crippen MR) is 62.0 cm³/mol. The van der Waals surface area contributed by atoms with Gasteiger partial charge in [-0.25, -0.2) is 9.97 Å². The van der Waals surface area contributed by atoms with E-state index in [9.17, 15) is 0 Å². The molecule has 0 aliphatic rings. The summed E-state index contributed by atoms with van der Waals surface area (Å²) in [6.45, 7) is 2.00. The highest BCUT2D eigenvalue weighted by Gasteiger charge is 2.11. The van der Waals surface area contributed by atoms with Gasteiger partial charge in [-0.2, -0.15) is 0 Å². The van der Waals surface area contributed by atoms with Crippen LogP contribution in [0, 0.1) is 6.92 Å². The molecule has 80 valence electrons. The van der Waals surface area contributed by atoms with Crippen molar-refractivity contribution in [1.29, 1.82) is 0 Å². The van der Waals surface area contributed by atoms with Gasteiger partial charge in [0.05, 0.1) is 0 Å². The number of hydrogen-bond donors (Lipinski definition) is 2. The van der Waals surface area contributed by atoms with Gasteiger partial charge in [0.25, 0.3) is 0 Å². The van der Waals surface area contributed by atoms with Gasteiger partial charge in [0.2, 0.25) is 0 Å². The second-order valence-electron chi connectivity index (χ2n) is 3.58. The molecule has 4 nitrogen and oxygen atoms in total. The van der Waals surface area contributed by atoms with Gasteiger partial charge in [0.15, 0.2) is 5.82 Å². The molecular weight excluding hydrogens is 203 g/mol. The maximum absolute atomic E-state index is 8.90. The molecule has 1 aromatic heterocycles. The molecule has 1 heterocycles. The average molecular weight is 214 g/mol. The Labute approximate surface area is 93.8 Å². The molecule has 16 heavy (non-hydrogen) atoms. The van der Waals surface area contributed by atoms with Crippen LogP contribution < -0.4 is 5.46 Å². The Kier molecular flexibility index (Phi) is 2.98. The van der Waals surface area contributed by atoms with Crippen molar-refractivity contribution in [2.45, 2.75) is 6.92 Å². The van der Waals surface area contributed by atoms with E-state index in [0.29, 0.717) is 5.82 Å². The second-order valence-corrected chi connectivity index (χ2v) is 3.58. The van der Waals surface area contributed by atoms with Crippen LogP contribution in [0.1, 0.15) is 5.56 Å². The van der Waals surface area contributed by atoms with Gasteiger partial charge in [-0.05, 0) is 13.0 Å². The Hall–Kier alpha value is -1.72. The fourth-order valence-corrected chi connectivity index (χ4v) is 1.40. The molecule has 0 radical (unpaired) electrons. The van der Waals surface area contributed by atoms with Crippen molar-refractivity contribution in [2.24, 2.45) is 0 Å². The highest BCUT2D eigenvalue weighted by molar-refractivity contribution is 6.58. The third-order valence-electron chi connectivity index (χ3n) is 2.25. The first-order valence-corrected chi connectivity index (χ1v) is 4.92. The summed E-state index contributed by atoms with van der Waals surface area (Å²) in [4.78, 5) is 8.16. The lowest BCUT2D eigenvalue weighted by Crippen LogP contribution is -2.30. The molecule has 0 bridgehead atoms. The number of rotatable bonds is 2. The van der Waals surface area contributed by atoms with E-state index in [0.717, 1.165) is 11.1 Å². The molecule has 0 fully saturated rings. The molecule has 2 aromatic rings. The quantitative estimate of drug-likeness (QED) is 0.697. The van der Waals surface area contributed by atoms with Gasteiger partial charge < -0.3 is 10.0 Å². The largest absolute Gasteiger partial charge is 0.491 e. The summed E-state index contributed by atoms with van der Waals surface area (Å²) in [5.74, 6) is 0.577. The lowest BCUT2D eigenvalue weighted by Gasteiger charge is -2.02. The van der Waals surface area contributed by atoms with E-state index in [2.05, 4.69) is 9.97 Å². The Morgan fingerprint density at radius 3 is 2.38 bits per heavy atom. The normalized spacial score (nSPS) is 10.2. The van der Waals surface area contributed by atoms with Crippen LogP contribution in [-0.4, -0.2) is 27.1 Å². The average Bonchev–Trinajstić information content (AvgIpc) is 2.29. The molecule has 0 aliphatic heterocycles. The molecule has 0 aliphatic carbocycles. The Balaban J connectivity index is 2.35. The minimum absolute atomic E-state index is 0.288. The number of nitrogens with zero attached hydrogens (tertiary/aromatic N) is 2. The maximum Gasteiger partial charge on any atom is 0.491 e. The van der Waals surface area contributed by atoms with Crippen LogP contribution in [0.5, 0.6) is 0 Å². The van der Waals surface area contributed by atoms with Crippen LogP contribution in [-0.2, 0) is 0 Å². The van der Waals surface area contributed by atoms with E-state index in [1.54, 1.807) is 0 Å². The van der Waals surface area contributed by atoms with Crippen molar-refractivity contribution >= 4 is 12.6 Å². The van der Waals surface area contributed by atoms with Crippen molar-refractivity contribution in [1.82, 2.24) is 9.97 Å². The van der Waals surface area contributed by atoms with Gasteiger partial charge in [-0.3, -0.25) is 0 Å². The highest BCUT2D eigenvalue weighted by atomic mass is 16.4. The van der Waals surface area contributed by atoms with Crippen molar-refractivity contribution < 1.29 is 10.0 Å². The first-order valence-electron chi connectivity index (χ1n) is 4.92. The lowest BCUT2D eigenvalue weighted by atomic mass is 9.83. The summed E-state index contributed by atoms with van der Waals surface area (Å²) in [5.41, 5.74) is 2.34. The molecule has 0 atom stereocenters. The predicted octanol–water partition coefficient (Wildman–Crippen LogP) is 0.132. The molecule has 0 saturated carbocycles. The molecular formula is C11H11BN2O2. The van der Waals surface area contributed by atoms with E-state index in [-0.39, 0.29) is 5.46 Å². The summed E-state index contributed by atoms with van der Waals surface area (Å²) in [6.07, 6.45) is 2.82. The third-order valence-corrected chi connectivity index (χ3v) is 2.25. The second kappa shape index (κ2) is 4.43. The van der Waals surface area contributed by atoms with Gasteiger partial charge >= 0.3 is 7.12 Å². The maximum atomic E-state index is 8.90. The minimum Gasteiger partial charge on any atom is -0.423 e. The number of hydrogen-bond acceptors (Lipinski definition) is 4. The smallest absolute Gasteiger partial charge is 0.423 e. The molecule has 0 spiro atoms. The third kappa shape index (κ3) is 2.26. The zero-order chi connectivity index (χ0) is 11.5. The molecule has 0 amide bonds. The van der Waals surface area contributed by atoms with E-state index in [1.165, 1.54) is 12.4 Å². The Morgan fingerprint density at radius 1 is 1.12 bits per heavy atom. The first kappa shape index (κ1) is 10.8. The first-order chi connectivity index (χ1) is 7.66. The Bertz CT molecular complexity index is 486. The summed E-state index contributed by atoms with van der Waals surface area (Å²) in [7, 11) is -1.52. The highest BCUT2D eigenvalue weighted by Crippen LogP contribution is 2.14. The lowest BCUT2D eigenvalue weighted by molar-refractivity contribution is 0.425. The van der Waals surface area contributed by atoms with Crippen LogP contribution in [0.3, 0.4) is 0 Å². The summed E-state index contributed by atoms with van der Waals surface area (Å²) < 4.78 is 0. The zero-order valence-corrected chi connectivity index (χ0v) is 8.83. The van der Waals surface area contributed by atoms with Crippen LogP contribution in [0.2, 0.25) is 0 Å². The number of aromatic nitrogens is 2. The van der Waals surface area contributed by atoms with E-state index in [1.807, 2.05) is 31.2 Å². The van der Waals surface area contributed by atoms with Crippen LogP contribution in [0.4, 0.5) is 0 Å². The number of benzene rings is 1. The van der Waals surface area contributed by atoms with E-state index >= 15 is 0 Å². The van der Waals surface area contributed by atoms with Gasteiger partial charge in [0.1, 0.15) is 0 Å². The van der Waals surface area contributed by atoms with E-state index in [4.69, 9.17) is 10.0 Å². The molecule has 0 unspecified atom stereocenters. The van der Waals surface area contributed by atoms with E-state index < -0.39 is 7.12 Å². The topological polar surface area (TPSA) is 66.2 Å². The van der Waals surface area contributed by atoms with Crippen LogP contribution in [0.25, 0.3) is 11.4 Å². The van der Waals surface area contributed by atoms with Gasteiger partial charge in [-0.1, -0.05) is 23.8 Å². The van der Waals surface area contributed by atoms with Gasteiger partial charge in [-0.15, -0.1) is 0 Å². The standard InChI is InChI=1S/C11H11BN2O2/c1-8-3-2-4-9(5-8)11-13-6-10(7-14-11)12(15)16/h2-7,15-16H,1H3. The molecule has 1 aromatic carbocycles. The number of aryl methyl sites for hydroxylation is 1. The van der Waals surface area contributed by atoms with Crippen molar-refractivity contribution in [3.05, 3.63) is 42.2 Å².